The maximum Gasteiger partial charge on any atom is 0.252 e. The monoisotopic (exact) mass is 1320 g/mol. The zero-order chi connectivity index (χ0) is 68.6. The summed E-state index contributed by atoms with van der Waals surface area (Å²) in [4.78, 5) is 15.3. The molecule has 486 valence electrons. The van der Waals surface area contributed by atoms with Crippen LogP contribution in [0.3, 0.4) is 0 Å². The lowest BCUT2D eigenvalue weighted by molar-refractivity contribution is 1.21. The molecule has 4 aliphatic rings. The van der Waals surface area contributed by atoms with Crippen LogP contribution in [0, 0.1) is 0 Å². The van der Waals surface area contributed by atoms with Gasteiger partial charge in [-0.1, -0.05) is 279 Å². The molecule has 16 aromatic rings. The average molecular weight is 1330 g/mol. The first-order valence-corrected chi connectivity index (χ1v) is 35.9. The summed E-state index contributed by atoms with van der Waals surface area (Å²) < 4.78 is 0. The van der Waals surface area contributed by atoms with E-state index in [1.807, 2.05) is 0 Å². The van der Waals surface area contributed by atoms with Gasteiger partial charge in [0.1, 0.15) is 0 Å². The number of para-hydroxylation sites is 10. The largest absolute Gasteiger partial charge is 0.311 e. The van der Waals surface area contributed by atoms with Crippen LogP contribution >= 0.6 is 0 Å². The molecule has 4 heterocycles. The maximum atomic E-state index is 2.69. The van der Waals surface area contributed by atoms with Gasteiger partial charge < -0.3 is 29.4 Å². The summed E-state index contributed by atoms with van der Waals surface area (Å²) in [6, 6.07) is 148. The number of fused-ring (bicyclic) bond motifs is 8. The lowest BCUT2D eigenvalue weighted by atomic mass is 9.30. The smallest absolute Gasteiger partial charge is 0.252 e. The molecule has 0 amide bonds. The zero-order valence-electron chi connectivity index (χ0n) is 56.9. The molecular formula is C96H66B2N6. The second-order valence-electron chi connectivity index (χ2n) is 27.1. The number of hydrogen-bond acceptors (Lipinski definition) is 6. The van der Waals surface area contributed by atoms with Crippen LogP contribution < -0.4 is 62.2 Å². The van der Waals surface area contributed by atoms with Crippen molar-refractivity contribution in [3.05, 3.63) is 400 Å². The van der Waals surface area contributed by atoms with Crippen LogP contribution in [0.25, 0.3) is 33.4 Å². The number of hydrogen-bond donors (Lipinski definition) is 0. The van der Waals surface area contributed by atoms with E-state index >= 15 is 0 Å². The van der Waals surface area contributed by atoms with E-state index in [4.69, 9.17) is 0 Å². The Morgan fingerprint density at radius 2 is 0.500 bits per heavy atom. The predicted octanol–water partition coefficient (Wildman–Crippen LogP) is 21.8. The fourth-order valence-electron chi connectivity index (χ4n) is 17.0. The van der Waals surface area contributed by atoms with Crippen LogP contribution in [-0.2, 0) is 0 Å². The SMILES string of the molecule is c1ccc(-c2ccccc2N(c2ccccc2)c2cc3c4c(c2)N(c2ccccc2)c2cc5c(cc2B4c2ccccc2N3c2ccccc2)B2c3ccccc3N(c3ccccc3)c3cc(N(c4ccccc4)c4ccccc4)cc(c32)N5c2c(-c3ccccc3)cccc2-c2ccccc2)cc1. The Hall–Kier alpha value is -13.6. The minimum atomic E-state index is -0.245. The number of anilines is 18. The van der Waals surface area contributed by atoms with E-state index in [0.717, 1.165) is 136 Å². The van der Waals surface area contributed by atoms with Gasteiger partial charge in [-0.2, -0.15) is 0 Å². The van der Waals surface area contributed by atoms with Crippen LogP contribution in [0.1, 0.15) is 0 Å². The Labute approximate surface area is 607 Å². The predicted molar refractivity (Wildman–Crippen MR) is 440 cm³/mol. The minimum absolute atomic E-state index is 0.231. The quantitative estimate of drug-likeness (QED) is 0.106. The lowest BCUT2D eigenvalue weighted by Crippen LogP contribution is -2.65. The highest BCUT2D eigenvalue weighted by atomic mass is 15.2. The summed E-state index contributed by atoms with van der Waals surface area (Å²) in [5.41, 5.74) is 33.6. The van der Waals surface area contributed by atoms with Gasteiger partial charge in [-0.3, -0.25) is 0 Å². The van der Waals surface area contributed by atoms with Crippen molar-refractivity contribution in [3.63, 3.8) is 0 Å². The van der Waals surface area contributed by atoms with E-state index in [9.17, 15) is 0 Å². The molecule has 0 fully saturated rings. The van der Waals surface area contributed by atoms with Crippen molar-refractivity contribution in [1.29, 1.82) is 0 Å². The molecule has 0 unspecified atom stereocenters. The van der Waals surface area contributed by atoms with Crippen LogP contribution in [-0.4, -0.2) is 13.4 Å². The van der Waals surface area contributed by atoms with Gasteiger partial charge in [0, 0.05) is 96.3 Å². The Morgan fingerprint density at radius 1 is 0.192 bits per heavy atom. The average Bonchev–Trinajstić information content (AvgIpc) is 0.680. The fourth-order valence-corrected chi connectivity index (χ4v) is 17.0. The third-order valence-corrected chi connectivity index (χ3v) is 21.3. The lowest BCUT2D eigenvalue weighted by Gasteiger charge is -2.48. The topological polar surface area (TPSA) is 19.4 Å². The van der Waals surface area contributed by atoms with Gasteiger partial charge in [0.2, 0.25) is 0 Å². The highest BCUT2D eigenvalue weighted by Crippen LogP contribution is 2.55. The maximum absolute atomic E-state index is 2.69. The third-order valence-electron chi connectivity index (χ3n) is 21.3. The summed E-state index contributed by atoms with van der Waals surface area (Å²) in [5.74, 6) is 0. The van der Waals surface area contributed by atoms with Crippen molar-refractivity contribution in [2.75, 3.05) is 29.4 Å². The first-order valence-electron chi connectivity index (χ1n) is 35.9. The van der Waals surface area contributed by atoms with Gasteiger partial charge in [-0.25, -0.2) is 0 Å². The van der Waals surface area contributed by atoms with Gasteiger partial charge in [0.15, 0.2) is 0 Å². The number of benzene rings is 16. The molecule has 6 nitrogen and oxygen atoms in total. The van der Waals surface area contributed by atoms with Crippen molar-refractivity contribution in [2.24, 2.45) is 0 Å². The first kappa shape index (κ1) is 60.4. The Balaban J connectivity index is 0.945. The highest BCUT2D eigenvalue weighted by molar-refractivity contribution is 7.03. The molecule has 0 bridgehead atoms. The molecule has 0 N–H and O–H groups in total. The molecule has 20 rings (SSSR count). The van der Waals surface area contributed by atoms with E-state index in [2.05, 4.69) is 430 Å². The second-order valence-corrected chi connectivity index (χ2v) is 27.1. The van der Waals surface area contributed by atoms with Gasteiger partial charge in [0.25, 0.3) is 13.4 Å². The molecule has 8 heteroatoms. The standard InChI is InChI=1S/C96H66B2N6/c1-10-35-67(36-11-1)78-53-28-31-58-85(78)100(72-45-20-6-21-46-72)77-63-91-94-92(64-77)103(75-51-26-9-27-52-75)88-66-89-84(65-83(88)97(94)81-56-29-32-59-86(81)102(91)74-49-24-8-25-50-74)98-82-57-30-33-60-87(82)101(73-47-22-7-23-48-73)90-61-76(99(70-41-16-4-17-42-70)71-43-18-5-19-44-71)62-93(95(90)98)104(89)96-79(68-37-12-2-13-38-68)54-34-55-80(96)69-39-14-3-15-40-69/h1-66H. The van der Waals surface area contributed by atoms with E-state index in [1.54, 1.807) is 0 Å². The van der Waals surface area contributed by atoms with Crippen molar-refractivity contribution < 1.29 is 0 Å². The van der Waals surface area contributed by atoms with Gasteiger partial charge in [-0.15, -0.1) is 0 Å². The Bertz CT molecular complexity index is 5800. The molecule has 16 aromatic carbocycles. The number of rotatable bonds is 13. The van der Waals surface area contributed by atoms with E-state index in [1.165, 1.54) is 32.8 Å². The van der Waals surface area contributed by atoms with Crippen molar-refractivity contribution in [2.45, 2.75) is 0 Å². The Morgan fingerprint density at radius 3 is 0.933 bits per heavy atom. The zero-order valence-corrected chi connectivity index (χ0v) is 56.9. The highest BCUT2D eigenvalue weighted by Gasteiger charge is 2.49. The molecule has 0 aromatic heterocycles. The van der Waals surface area contributed by atoms with Crippen LogP contribution in [0.5, 0.6) is 0 Å². The van der Waals surface area contributed by atoms with E-state index < -0.39 is 0 Å². The summed E-state index contributed by atoms with van der Waals surface area (Å²) in [6.07, 6.45) is 0. The Kier molecular flexibility index (Phi) is 14.7. The molecule has 0 atom stereocenters. The van der Waals surface area contributed by atoms with Crippen LogP contribution in [0.4, 0.5) is 102 Å². The van der Waals surface area contributed by atoms with Crippen molar-refractivity contribution in [3.8, 4) is 33.4 Å². The van der Waals surface area contributed by atoms with E-state index in [-0.39, 0.29) is 13.4 Å². The fraction of sp³-hybridized carbons (Fsp3) is 0. The van der Waals surface area contributed by atoms with Gasteiger partial charge >= 0.3 is 0 Å². The molecule has 0 saturated heterocycles. The van der Waals surface area contributed by atoms with Crippen molar-refractivity contribution in [1.82, 2.24) is 0 Å². The number of nitrogens with zero attached hydrogens (tertiary/aromatic N) is 6. The molecular weight excluding hydrogens is 1260 g/mol. The summed E-state index contributed by atoms with van der Waals surface area (Å²) >= 11 is 0. The van der Waals surface area contributed by atoms with Crippen LogP contribution in [0.2, 0.25) is 0 Å². The van der Waals surface area contributed by atoms with Crippen LogP contribution in [0.15, 0.2) is 400 Å². The summed E-state index contributed by atoms with van der Waals surface area (Å²) in [6.45, 7) is -0.477. The summed E-state index contributed by atoms with van der Waals surface area (Å²) in [7, 11) is 0. The molecule has 0 spiro atoms. The van der Waals surface area contributed by atoms with Crippen molar-refractivity contribution >= 4 is 149 Å². The minimum Gasteiger partial charge on any atom is -0.311 e. The molecule has 0 radical (unpaired) electrons. The molecule has 104 heavy (non-hydrogen) atoms. The van der Waals surface area contributed by atoms with Gasteiger partial charge in [-0.05, 0) is 171 Å². The summed E-state index contributed by atoms with van der Waals surface area (Å²) in [5, 5.41) is 0. The second kappa shape index (κ2) is 25.3. The molecule has 0 saturated carbocycles. The van der Waals surface area contributed by atoms with Gasteiger partial charge in [0.05, 0.1) is 22.7 Å². The third kappa shape index (κ3) is 9.90. The molecule has 0 aliphatic carbocycles. The first-order chi connectivity index (χ1) is 51.7. The normalized spacial score (nSPS) is 12.7. The molecule has 4 aliphatic heterocycles. The van der Waals surface area contributed by atoms with E-state index in [0.29, 0.717) is 0 Å².